The lowest BCUT2D eigenvalue weighted by molar-refractivity contribution is -0.133. The molecule has 2 aliphatic rings. The van der Waals surface area contributed by atoms with Gasteiger partial charge >= 0.3 is 0 Å². The molecule has 0 bridgehead atoms. The van der Waals surface area contributed by atoms with Crippen molar-refractivity contribution in [1.29, 1.82) is 0 Å². The molecule has 168 valence electrons. The molecule has 4 rings (SSSR count). The molecule has 3 heterocycles. The molecule has 1 aromatic heterocycles. The molecule has 0 atom stereocenters. The fraction of sp³-hybridized carbons (Fsp3) is 0.565. The fourth-order valence-electron chi connectivity index (χ4n) is 4.57. The van der Waals surface area contributed by atoms with Gasteiger partial charge in [-0.3, -0.25) is 9.59 Å². The first kappa shape index (κ1) is 21.9. The molecule has 2 aliphatic heterocycles. The van der Waals surface area contributed by atoms with Crippen LogP contribution in [0.3, 0.4) is 0 Å². The van der Waals surface area contributed by atoms with E-state index < -0.39 is 15.6 Å². The standard InChI is InChI=1S/C23H31N3O4S/c1-18-9-13-25(14-10-18)22(27)16-26-15-21(19-7-3-4-8-20(19)26)31(29,30)17-23(28)24-11-5-2-6-12-24/h3-4,7-8,15,18H,2,5-6,9-14,16-17H2,1H3. The van der Waals surface area contributed by atoms with Gasteiger partial charge in [-0.2, -0.15) is 0 Å². The summed E-state index contributed by atoms with van der Waals surface area (Å²) in [6.07, 6.45) is 6.44. The highest BCUT2D eigenvalue weighted by atomic mass is 32.2. The number of aromatic nitrogens is 1. The van der Waals surface area contributed by atoms with Gasteiger partial charge in [-0.25, -0.2) is 8.42 Å². The molecule has 0 N–H and O–H groups in total. The van der Waals surface area contributed by atoms with E-state index in [-0.39, 0.29) is 23.3 Å². The van der Waals surface area contributed by atoms with Crippen LogP contribution in [-0.4, -0.2) is 66.5 Å². The lowest BCUT2D eigenvalue weighted by atomic mass is 9.99. The lowest BCUT2D eigenvalue weighted by Gasteiger charge is -2.30. The molecule has 0 aliphatic carbocycles. The molecule has 8 heteroatoms. The van der Waals surface area contributed by atoms with Crippen molar-refractivity contribution in [3.05, 3.63) is 30.5 Å². The first-order chi connectivity index (χ1) is 14.8. The number of carbonyl (C=O) groups is 2. The predicted octanol–water partition coefficient (Wildman–Crippen LogP) is 2.69. The molecule has 0 spiro atoms. The molecule has 2 aromatic rings. The van der Waals surface area contributed by atoms with E-state index in [0.717, 1.165) is 45.2 Å². The third kappa shape index (κ3) is 4.79. The largest absolute Gasteiger partial charge is 0.342 e. The Balaban J connectivity index is 1.57. The molecular formula is C23H31N3O4S. The molecular weight excluding hydrogens is 414 g/mol. The third-order valence-corrected chi connectivity index (χ3v) is 8.17. The van der Waals surface area contributed by atoms with Crippen LogP contribution in [0.2, 0.25) is 0 Å². The monoisotopic (exact) mass is 445 g/mol. The quantitative estimate of drug-likeness (QED) is 0.709. The molecule has 0 radical (unpaired) electrons. The van der Waals surface area contributed by atoms with E-state index in [1.54, 1.807) is 21.6 Å². The van der Waals surface area contributed by atoms with Crippen LogP contribution in [0, 0.1) is 5.92 Å². The first-order valence-corrected chi connectivity index (χ1v) is 12.9. The summed E-state index contributed by atoms with van der Waals surface area (Å²) in [6.45, 7) is 5.04. The highest BCUT2D eigenvalue weighted by molar-refractivity contribution is 7.92. The van der Waals surface area contributed by atoms with Crippen LogP contribution in [0.5, 0.6) is 0 Å². The van der Waals surface area contributed by atoms with Crippen LogP contribution in [-0.2, 0) is 26.0 Å². The maximum atomic E-state index is 13.2. The van der Waals surface area contributed by atoms with Crippen molar-refractivity contribution in [3.8, 4) is 0 Å². The van der Waals surface area contributed by atoms with Crippen molar-refractivity contribution < 1.29 is 18.0 Å². The smallest absolute Gasteiger partial charge is 0.242 e. The van der Waals surface area contributed by atoms with Crippen LogP contribution in [0.4, 0.5) is 0 Å². The number of benzene rings is 1. The van der Waals surface area contributed by atoms with Crippen molar-refractivity contribution in [2.75, 3.05) is 31.9 Å². The SMILES string of the molecule is CC1CCN(C(=O)Cn2cc(S(=O)(=O)CC(=O)N3CCCCC3)c3ccccc32)CC1. The molecule has 2 amide bonds. The predicted molar refractivity (Wildman–Crippen MR) is 119 cm³/mol. The number of nitrogens with zero attached hydrogens (tertiary/aromatic N) is 3. The van der Waals surface area contributed by atoms with Gasteiger partial charge in [0.25, 0.3) is 0 Å². The number of sulfone groups is 1. The molecule has 2 saturated heterocycles. The van der Waals surface area contributed by atoms with Gasteiger partial charge in [0.05, 0.1) is 4.90 Å². The molecule has 0 unspecified atom stereocenters. The minimum Gasteiger partial charge on any atom is -0.342 e. The summed E-state index contributed by atoms with van der Waals surface area (Å²) >= 11 is 0. The Bertz CT molecular complexity index is 1060. The lowest BCUT2D eigenvalue weighted by Crippen LogP contribution is -2.39. The molecule has 2 fully saturated rings. The zero-order chi connectivity index (χ0) is 22.0. The average Bonchev–Trinajstić information content (AvgIpc) is 3.14. The van der Waals surface area contributed by atoms with Crippen molar-refractivity contribution >= 4 is 32.6 Å². The number of hydrogen-bond acceptors (Lipinski definition) is 4. The Morgan fingerprint density at radius 3 is 2.29 bits per heavy atom. The van der Waals surface area contributed by atoms with E-state index in [9.17, 15) is 18.0 Å². The van der Waals surface area contributed by atoms with E-state index in [1.807, 2.05) is 17.0 Å². The van der Waals surface area contributed by atoms with Crippen LogP contribution >= 0.6 is 0 Å². The zero-order valence-corrected chi connectivity index (χ0v) is 18.9. The molecule has 31 heavy (non-hydrogen) atoms. The van der Waals surface area contributed by atoms with Crippen LogP contribution < -0.4 is 0 Å². The fourth-order valence-corrected chi connectivity index (χ4v) is 6.03. The number of likely N-dealkylation sites (tertiary alicyclic amines) is 2. The summed E-state index contributed by atoms with van der Waals surface area (Å²) in [6, 6.07) is 7.19. The number of hydrogen-bond donors (Lipinski definition) is 0. The highest BCUT2D eigenvalue weighted by Gasteiger charge is 2.28. The number of fused-ring (bicyclic) bond motifs is 1. The van der Waals surface area contributed by atoms with E-state index >= 15 is 0 Å². The van der Waals surface area contributed by atoms with Gasteiger partial charge in [-0.05, 0) is 44.1 Å². The highest BCUT2D eigenvalue weighted by Crippen LogP contribution is 2.27. The second-order valence-electron chi connectivity index (χ2n) is 8.90. The van der Waals surface area contributed by atoms with Crippen molar-refractivity contribution in [2.45, 2.75) is 50.5 Å². The van der Waals surface area contributed by atoms with Gasteiger partial charge < -0.3 is 14.4 Å². The van der Waals surface area contributed by atoms with Gasteiger partial charge in [0.2, 0.25) is 11.8 Å². The summed E-state index contributed by atoms with van der Waals surface area (Å²) < 4.78 is 28.1. The van der Waals surface area contributed by atoms with Gasteiger partial charge in [-0.1, -0.05) is 25.1 Å². The van der Waals surface area contributed by atoms with E-state index in [4.69, 9.17) is 0 Å². The number of amides is 2. The molecule has 0 saturated carbocycles. The normalized spacial score (nSPS) is 18.5. The summed E-state index contributed by atoms with van der Waals surface area (Å²) in [4.78, 5) is 29.1. The van der Waals surface area contributed by atoms with E-state index in [1.165, 1.54) is 6.20 Å². The van der Waals surface area contributed by atoms with E-state index in [0.29, 0.717) is 29.9 Å². The maximum Gasteiger partial charge on any atom is 0.242 e. The van der Waals surface area contributed by atoms with Crippen LogP contribution in [0.1, 0.15) is 39.0 Å². The van der Waals surface area contributed by atoms with Gasteiger partial charge in [-0.15, -0.1) is 0 Å². The van der Waals surface area contributed by atoms with Gasteiger partial charge in [0, 0.05) is 43.3 Å². The number of para-hydroxylation sites is 1. The number of rotatable bonds is 5. The van der Waals surface area contributed by atoms with Crippen LogP contribution in [0.25, 0.3) is 10.9 Å². The van der Waals surface area contributed by atoms with Crippen molar-refractivity contribution in [3.63, 3.8) is 0 Å². The minimum atomic E-state index is -3.82. The van der Waals surface area contributed by atoms with Gasteiger partial charge in [0.15, 0.2) is 9.84 Å². The summed E-state index contributed by atoms with van der Waals surface area (Å²) in [5.74, 6) is -0.236. The van der Waals surface area contributed by atoms with Crippen molar-refractivity contribution in [1.82, 2.24) is 14.4 Å². The minimum absolute atomic E-state index is 0.000921. The Hall–Kier alpha value is -2.35. The number of carbonyl (C=O) groups excluding carboxylic acids is 2. The summed E-state index contributed by atoms with van der Waals surface area (Å²) in [5.41, 5.74) is 0.699. The molecule has 7 nitrogen and oxygen atoms in total. The Kier molecular flexibility index (Phi) is 6.36. The topological polar surface area (TPSA) is 79.7 Å². The number of piperidine rings is 2. The van der Waals surface area contributed by atoms with Gasteiger partial charge in [0.1, 0.15) is 12.3 Å². The Morgan fingerprint density at radius 1 is 0.935 bits per heavy atom. The second kappa shape index (κ2) is 9.02. The van der Waals surface area contributed by atoms with E-state index in [2.05, 4.69) is 6.92 Å². The molecule has 1 aromatic carbocycles. The third-order valence-electron chi connectivity index (χ3n) is 6.55. The summed E-state index contributed by atoms with van der Waals surface area (Å²) in [5, 5.41) is 0.564. The first-order valence-electron chi connectivity index (χ1n) is 11.2. The Labute approximate surface area is 183 Å². The van der Waals surface area contributed by atoms with Crippen molar-refractivity contribution in [2.24, 2.45) is 5.92 Å². The van der Waals surface area contributed by atoms with Crippen LogP contribution in [0.15, 0.2) is 35.4 Å². The second-order valence-corrected chi connectivity index (χ2v) is 10.9. The summed E-state index contributed by atoms with van der Waals surface area (Å²) in [7, 11) is -3.82. The Morgan fingerprint density at radius 2 is 1.58 bits per heavy atom. The average molecular weight is 446 g/mol. The zero-order valence-electron chi connectivity index (χ0n) is 18.1. The maximum absolute atomic E-state index is 13.2.